The van der Waals surface area contributed by atoms with Gasteiger partial charge < -0.3 is 19.9 Å². The minimum absolute atomic E-state index is 0.0481. The lowest BCUT2D eigenvalue weighted by molar-refractivity contribution is 0.102. The normalized spacial score (nSPS) is 11.0. The van der Waals surface area contributed by atoms with Gasteiger partial charge in [-0.3, -0.25) is 9.59 Å². The number of H-pyrrole nitrogens is 1. The van der Waals surface area contributed by atoms with E-state index in [1.165, 1.54) is 0 Å². The van der Waals surface area contributed by atoms with Gasteiger partial charge in [0.2, 0.25) is 0 Å². The lowest BCUT2D eigenvalue weighted by Gasteiger charge is -2.10. The second-order valence-electron chi connectivity index (χ2n) is 6.24. The maximum Gasteiger partial charge on any atom is 0.276 e. The van der Waals surface area contributed by atoms with Crippen molar-refractivity contribution >= 4 is 45.7 Å². The van der Waals surface area contributed by atoms with Gasteiger partial charge in [-0.2, -0.15) is 0 Å². The third-order valence-corrected chi connectivity index (χ3v) is 5.05. The maximum absolute atomic E-state index is 13.0. The number of benzene rings is 2. The number of anilines is 1. The molecule has 0 saturated heterocycles. The average Bonchev–Trinajstić information content (AvgIpc) is 3.06. The fourth-order valence-electron chi connectivity index (χ4n) is 3.05. The fraction of sp³-hybridized carbons (Fsp3) is 0.0500. The Morgan fingerprint density at radius 2 is 1.83 bits per heavy atom. The zero-order valence-electron chi connectivity index (χ0n) is 14.9. The summed E-state index contributed by atoms with van der Waals surface area (Å²) in [5.41, 5.74) is 0.0120. The van der Waals surface area contributed by atoms with Crippen molar-refractivity contribution in [3.05, 3.63) is 74.2 Å². The van der Waals surface area contributed by atoms with Gasteiger partial charge in [0, 0.05) is 10.9 Å². The van der Waals surface area contributed by atoms with Crippen molar-refractivity contribution in [3.63, 3.8) is 0 Å². The van der Waals surface area contributed by atoms with E-state index in [2.05, 4.69) is 15.5 Å². The van der Waals surface area contributed by atoms with Gasteiger partial charge in [-0.05, 0) is 31.2 Å². The Bertz CT molecular complexity index is 1310. The Balaban J connectivity index is 1.81. The summed E-state index contributed by atoms with van der Waals surface area (Å²) in [5, 5.41) is 17.8. The van der Waals surface area contributed by atoms with Gasteiger partial charge in [0.25, 0.3) is 11.5 Å². The molecule has 3 N–H and O–H groups in total. The molecule has 29 heavy (non-hydrogen) atoms. The van der Waals surface area contributed by atoms with Crippen molar-refractivity contribution in [2.24, 2.45) is 0 Å². The number of aromatic hydroxyl groups is 1. The third kappa shape index (κ3) is 3.24. The molecular weight excluding hydrogens is 417 g/mol. The number of pyridine rings is 1. The van der Waals surface area contributed by atoms with Crippen LogP contribution in [0.4, 0.5) is 5.69 Å². The second kappa shape index (κ2) is 7.27. The Labute approximate surface area is 173 Å². The molecule has 0 spiro atoms. The first-order chi connectivity index (χ1) is 13.9. The second-order valence-corrected chi connectivity index (χ2v) is 7.05. The molecule has 0 unspecified atom stereocenters. The minimum Gasteiger partial charge on any atom is -0.505 e. The van der Waals surface area contributed by atoms with Crippen molar-refractivity contribution in [1.82, 2.24) is 10.1 Å². The molecule has 9 heteroatoms. The molecule has 0 fully saturated rings. The predicted octanol–water partition coefficient (Wildman–Crippen LogP) is 4.76. The highest BCUT2D eigenvalue weighted by molar-refractivity contribution is 6.39. The molecule has 0 atom stereocenters. The maximum atomic E-state index is 13.0. The van der Waals surface area contributed by atoms with Gasteiger partial charge in [-0.1, -0.05) is 46.6 Å². The van der Waals surface area contributed by atoms with Crippen molar-refractivity contribution in [3.8, 4) is 17.0 Å². The van der Waals surface area contributed by atoms with Crippen molar-refractivity contribution in [2.75, 3.05) is 5.32 Å². The van der Waals surface area contributed by atoms with Crippen LogP contribution in [0.3, 0.4) is 0 Å². The highest BCUT2D eigenvalue weighted by Gasteiger charge is 2.26. The number of hydrogen-bond acceptors (Lipinski definition) is 5. The predicted molar refractivity (Wildman–Crippen MR) is 111 cm³/mol. The molecule has 146 valence electrons. The summed E-state index contributed by atoms with van der Waals surface area (Å²) in [5.74, 6) is -0.847. The van der Waals surface area contributed by atoms with Crippen LogP contribution in [0, 0.1) is 6.92 Å². The molecule has 2 aromatic heterocycles. The molecule has 0 bridgehead atoms. The average molecular weight is 430 g/mol. The first-order valence-corrected chi connectivity index (χ1v) is 9.20. The first kappa shape index (κ1) is 19.0. The van der Waals surface area contributed by atoms with Gasteiger partial charge in [-0.25, -0.2) is 0 Å². The number of carbonyl (C=O) groups excluding carboxylic acids is 1. The number of aryl methyl sites for hydroxylation is 1. The fourth-order valence-corrected chi connectivity index (χ4v) is 3.63. The van der Waals surface area contributed by atoms with E-state index in [0.29, 0.717) is 16.5 Å². The van der Waals surface area contributed by atoms with Crippen LogP contribution in [-0.2, 0) is 0 Å². The lowest BCUT2D eigenvalue weighted by Crippen LogP contribution is -2.21. The van der Waals surface area contributed by atoms with Crippen LogP contribution in [-0.4, -0.2) is 21.2 Å². The highest BCUT2D eigenvalue weighted by Crippen LogP contribution is 2.37. The molecule has 4 rings (SSSR count). The van der Waals surface area contributed by atoms with Crippen molar-refractivity contribution < 1.29 is 14.4 Å². The minimum atomic E-state index is -0.703. The number of aromatic amines is 1. The van der Waals surface area contributed by atoms with Gasteiger partial charge in [0.15, 0.2) is 11.4 Å². The van der Waals surface area contributed by atoms with E-state index in [-0.39, 0.29) is 38.5 Å². The number of nitrogens with one attached hydrogen (secondary N) is 2. The summed E-state index contributed by atoms with van der Waals surface area (Å²) in [6.07, 6.45) is 0. The summed E-state index contributed by atoms with van der Waals surface area (Å²) in [6.45, 7) is 1.54. The van der Waals surface area contributed by atoms with Gasteiger partial charge in [0.1, 0.15) is 17.0 Å². The van der Waals surface area contributed by atoms with E-state index in [9.17, 15) is 14.7 Å². The van der Waals surface area contributed by atoms with Crippen LogP contribution in [0.1, 0.15) is 16.1 Å². The van der Waals surface area contributed by atoms with E-state index in [0.717, 1.165) is 0 Å². The topological polar surface area (TPSA) is 108 Å². The van der Waals surface area contributed by atoms with E-state index in [1.54, 1.807) is 49.4 Å². The van der Waals surface area contributed by atoms with Crippen LogP contribution in [0.15, 0.2) is 51.8 Å². The molecule has 2 aromatic carbocycles. The summed E-state index contributed by atoms with van der Waals surface area (Å²) >= 11 is 12.5. The van der Waals surface area contributed by atoms with Crippen LogP contribution >= 0.6 is 23.2 Å². The zero-order valence-corrected chi connectivity index (χ0v) is 16.4. The smallest absolute Gasteiger partial charge is 0.276 e. The Hall–Kier alpha value is -3.29. The molecule has 0 aliphatic heterocycles. The van der Waals surface area contributed by atoms with Crippen molar-refractivity contribution in [2.45, 2.75) is 6.92 Å². The quantitative estimate of drug-likeness (QED) is 0.435. The molecule has 0 aliphatic carbocycles. The number of aromatic nitrogens is 2. The number of nitrogens with zero attached hydrogens (tertiary/aromatic N) is 1. The van der Waals surface area contributed by atoms with Crippen LogP contribution in [0.25, 0.3) is 22.2 Å². The number of amides is 1. The molecule has 0 radical (unpaired) electrons. The summed E-state index contributed by atoms with van der Waals surface area (Å²) < 4.78 is 5.17. The standard InChI is InChI=1S/C20H13Cl2N3O4/c1-9-14(16(25-29-9)15-11(21)6-4-7-12(15)22)19(27)24-17-18(26)10-5-2-3-8-13(10)23-20(17)28/h2-8H,1H3,(H,24,27)(H2,23,26,28). The van der Waals surface area contributed by atoms with E-state index < -0.39 is 11.5 Å². The Morgan fingerprint density at radius 3 is 2.55 bits per heavy atom. The Morgan fingerprint density at radius 1 is 1.14 bits per heavy atom. The first-order valence-electron chi connectivity index (χ1n) is 8.44. The Kier molecular flexibility index (Phi) is 4.77. The molecule has 2 heterocycles. The molecule has 0 saturated carbocycles. The highest BCUT2D eigenvalue weighted by atomic mass is 35.5. The van der Waals surface area contributed by atoms with E-state index in [4.69, 9.17) is 27.7 Å². The molecule has 0 aliphatic rings. The van der Waals surface area contributed by atoms with Gasteiger partial charge in [-0.15, -0.1) is 0 Å². The zero-order chi connectivity index (χ0) is 20.7. The lowest BCUT2D eigenvalue weighted by atomic mass is 10.1. The van der Waals surface area contributed by atoms with Gasteiger partial charge in [0.05, 0.1) is 15.6 Å². The largest absolute Gasteiger partial charge is 0.505 e. The van der Waals surface area contributed by atoms with E-state index >= 15 is 0 Å². The number of fused-ring (bicyclic) bond motifs is 1. The molecule has 1 amide bonds. The number of halogens is 2. The number of hydrogen-bond donors (Lipinski definition) is 3. The van der Waals surface area contributed by atoms with E-state index in [1.807, 2.05) is 0 Å². The molecule has 4 aromatic rings. The van der Waals surface area contributed by atoms with Crippen LogP contribution in [0.2, 0.25) is 10.0 Å². The molecular formula is C20H13Cl2N3O4. The van der Waals surface area contributed by atoms with Crippen LogP contribution < -0.4 is 10.9 Å². The summed E-state index contributed by atoms with van der Waals surface area (Å²) in [6, 6.07) is 11.6. The van der Waals surface area contributed by atoms with Crippen LogP contribution in [0.5, 0.6) is 5.75 Å². The number of para-hydroxylation sites is 1. The van der Waals surface area contributed by atoms with Gasteiger partial charge >= 0.3 is 0 Å². The third-order valence-electron chi connectivity index (χ3n) is 4.42. The SMILES string of the molecule is Cc1onc(-c2c(Cl)cccc2Cl)c1C(=O)Nc1c(O)c2ccccc2[nH]c1=O. The number of rotatable bonds is 3. The number of carbonyl (C=O) groups is 1. The van der Waals surface area contributed by atoms with Crippen molar-refractivity contribution in [1.29, 1.82) is 0 Å². The monoisotopic (exact) mass is 429 g/mol. The summed E-state index contributed by atoms with van der Waals surface area (Å²) in [7, 11) is 0. The molecule has 7 nitrogen and oxygen atoms in total. The summed E-state index contributed by atoms with van der Waals surface area (Å²) in [4.78, 5) is 28.0.